The van der Waals surface area contributed by atoms with Crippen LogP contribution in [0.15, 0.2) is 89.8 Å². The third-order valence-corrected chi connectivity index (χ3v) is 5.04. The average Bonchev–Trinajstić information content (AvgIpc) is 2.63. The summed E-state index contributed by atoms with van der Waals surface area (Å²) in [6, 6.07) is 25.3. The van der Waals surface area contributed by atoms with Crippen LogP contribution in [0.3, 0.4) is 0 Å². The second-order valence-electron chi connectivity index (χ2n) is 5.53. The summed E-state index contributed by atoms with van der Waals surface area (Å²) in [6.45, 7) is 0.527. The standard InChI is InChI=1S/C20H19NO3S/c22-25(23,20-12-5-2-6-13-20)21-18-10-7-11-19(16-18)24-15-14-17-8-3-1-4-9-17/h1-13,16,21H,14-15H2. The van der Waals surface area contributed by atoms with Crippen LogP contribution in [0.1, 0.15) is 5.56 Å². The first-order valence-corrected chi connectivity index (χ1v) is 9.46. The molecule has 0 radical (unpaired) electrons. The van der Waals surface area contributed by atoms with Gasteiger partial charge in [-0.25, -0.2) is 8.42 Å². The van der Waals surface area contributed by atoms with Gasteiger partial charge in [-0.3, -0.25) is 4.72 Å². The Morgan fingerprint density at radius 2 is 1.48 bits per heavy atom. The van der Waals surface area contributed by atoms with Gasteiger partial charge >= 0.3 is 0 Å². The molecule has 0 aliphatic carbocycles. The van der Waals surface area contributed by atoms with Crippen LogP contribution in [-0.2, 0) is 16.4 Å². The Labute approximate surface area is 148 Å². The number of anilines is 1. The van der Waals surface area contributed by atoms with Crippen LogP contribution in [0.5, 0.6) is 5.75 Å². The summed E-state index contributed by atoms with van der Waals surface area (Å²) in [6.07, 6.45) is 0.792. The molecule has 0 fully saturated rings. The molecule has 128 valence electrons. The Bertz CT molecular complexity index is 910. The highest BCUT2D eigenvalue weighted by atomic mass is 32.2. The average molecular weight is 353 g/mol. The zero-order valence-corrected chi connectivity index (χ0v) is 14.4. The fourth-order valence-corrected chi connectivity index (χ4v) is 3.47. The summed E-state index contributed by atoms with van der Waals surface area (Å²) in [5, 5.41) is 0. The van der Waals surface area contributed by atoms with Gasteiger partial charge in [0, 0.05) is 12.5 Å². The second-order valence-corrected chi connectivity index (χ2v) is 7.21. The molecular weight excluding hydrogens is 334 g/mol. The lowest BCUT2D eigenvalue weighted by Gasteiger charge is -2.10. The molecule has 4 nitrogen and oxygen atoms in total. The largest absolute Gasteiger partial charge is 0.493 e. The zero-order chi connectivity index (χ0) is 17.5. The van der Waals surface area contributed by atoms with E-state index in [1.807, 2.05) is 36.4 Å². The molecule has 0 amide bonds. The van der Waals surface area contributed by atoms with Gasteiger partial charge in [0.2, 0.25) is 0 Å². The van der Waals surface area contributed by atoms with Crippen molar-refractivity contribution in [1.29, 1.82) is 0 Å². The maximum atomic E-state index is 12.4. The van der Waals surface area contributed by atoms with Gasteiger partial charge in [-0.15, -0.1) is 0 Å². The molecule has 3 aromatic carbocycles. The van der Waals surface area contributed by atoms with Crippen LogP contribution in [0.2, 0.25) is 0 Å². The van der Waals surface area contributed by atoms with E-state index < -0.39 is 10.0 Å². The predicted octanol–water partition coefficient (Wildman–Crippen LogP) is 4.11. The first-order chi connectivity index (χ1) is 12.1. The molecule has 0 atom stereocenters. The van der Waals surface area contributed by atoms with Gasteiger partial charge in [0.15, 0.2) is 0 Å². The smallest absolute Gasteiger partial charge is 0.261 e. The van der Waals surface area contributed by atoms with E-state index in [-0.39, 0.29) is 4.90 Å². The van der Waals surface area contributed by atoms with Crippen molar-refractivity contribution in [2.75, 3.05) is 11.3 Å². The summed E-state index contributed by atoms with van der Waals surface area (Å²) in [4.78, 5) is 0.227. The van der Waals surface area contributed by atoms with Crippen molar-refractivity contribution in [1.82, 2.24) is 0 Å². The minimum Gasteiger partial charge on any atom is -0.493 e. The molecule has 0 unspecified atom stereocenters. The van der Waals surface area contributed by atoms with Crippen molar-refractivity contribution in [2.24, 2.45) is 0 Å². The molecule has 0 bridgehead atoms. The second kappa shape index (κ2) is 7.85. The highest BCUT2D eigenvalue weighted by Gasteiger charge is 2.13. The molecule has 3 aromatic rings. The highest BCUT2D eigenvalue weighted by Crippen LogP contribution is 2.21. The van der Waals surface area contributed by atoms with Gasteiger partial charge in [0.1, 0.15) is 5.75 Å². The maximum Gasteiger partial charge on any atom is 0.261 e. The minimum absolute atomic E-state index is 0.227. The monoisotopic (exact) mass is 353 g/mol. The molecule has 0 aromatic heterocycles. The Hall–Kier alpha value is -2.79. The molecule has 5 heteroatoms. The SMILES string of the molecule is O=S(=O)(Nc1cccc(OCCc2ccccc2)c1)c1ccccc1. The third kappa shape index (κ3) is 4.84. The van der Waals surface area contributed by atoms with Crippen LogP contribution in [0.25, 0.3) is 0 Å². The molecule has 0 spiro atoms. The first-order valence-electron chi connectivity index (χ1n) is 7.98. The van der Waals surface area contributed by atoms with Crippen LogP contribution < -0.4 is 9.46 Å². The highest BCUT2D eigenvalue weighted by molar-refractivity contribution is 7.92. The number of rotatable bonds is 7. The molecule has 1 N–H and O–H groups in total. The molecule has 0 saturated carbocycles. The lowest BCUT2D eigenvalue weighted by atomic mass is 10.2. The lowest BCUT2D eigenvalue weighted by molar-refractivity contribution is 0.322. The van der Waals surface area contributed by atoms with E-state index >= 15 is 0 Å². The van der Waals surface area contributed by atoms with E-state index in [2.05, 4.69) is 4.72 Å². The van der Waals surface area contributed by atoms with Gasteiger partial charge in [-0.1, -0.05) is 54.6 Å². The van der Waals surface area contributed by atoms with Crippen LogP contribution in [0, 0.1) is 0 Å². The molecule has 0 saturated heterocycles. The Kier molecular flexibility index (Phi) is 5.36. The summed E-state index contributed by atoms with van der Waals surface area (Å²) in [7, 11) is -3.60. The summed E-state index contributed by atoms with van der Waals surface area (Å²) >= 11 is 0. The number of sulfonamides is 1. The Balaban J connectivity index is 1.63. The zero-order valence-electron chi connectivity index (χ0n) is 13.6. The van der Waals surface area contributed by atoms with Crippen LogP contribution in [-0.4, -0.2) is 15.0 Å². The summed E-state index contributed by atoms with van der Waals surface area (Å²) < 4.78 is 33.0. The summed E-state index contributed by atoms with van der Waals surface area (Å²) in [5.74, 6) is 0.629. The molecule has 0 heterocycles. The van der Waals surface area contributed by atoms with Gasteiger partial charge in [0.25, 0.3) is 10.0 Å². The number of benzene rings is 3. The molecule has 0 aliphatic rings. The third-order valence-electron chi connectivity index (χ3n) is 3.64. The van der Waals surface area contributed by atoms with Crippen molar-refractivity contribution in [2.45, 2.75) is 11.3 Å². The van der Waals surface area contributed by atoms with Crippen molar-refractivity contribution in [3.8, 4) is 5.75 Å². The topological polar surface area (TPSA) is 55.4 Å². The van der Waals surface area contributed by atoms with E-state index in [0.29, 0.717) is 18.0 Å². The molecule has 25 heavy (non-hydrogen) atoms. The summed E-state index contributed by atoms with van der Waals surface area (Å²) in [5.41, 5.74) is 1.67. The molecule has 3 rings (SSSR count). The van der Waals surface area contributed by atoms with Gasteiger partial charge in [-0.05, 0) is 29.8 Å². The number of hydrogen-bond acceptors (Lipinski definition) is 3. The van der Waals surface area contributed by atoms with Gasteiger partial charge < -0.3 is 4.74 Å². The minimum atomic E-state index is -3.60. The number of ether oxygens (including phenoxy) is 1. The van der Waals surface area contributed by atoms with E-state index in [4.69, 9.17) is 4.74 Å². The Morgan fingerprint density at radius 1 is 0.800 bits per heavy atom. The number of hydrogen-bond donors (Lipinski definition) is 1. The molecule has 0 aliphatic heterocycles. The molecular formula is C20H19NO3S. The van der Waals surface area contributed by atoms with E-state index in [1.54, 1.807) is 48.5 Å². The first kappa shape index (κ1) is 17.0. The van der Waals surface area contributed by atoms with E-state index in [1.165, 1.54) is 5.56 Å². The van der Waals surface area contributed by atoms with Crippen molar-refractivity contribution in [3.05, 3.63) is 90.5 Å². The quantitative estimate of drug-likeness (QED) is 0.695. The number of nitrogens with one attached hydrogen (secondary N) is 1. The van der Waals surface area contributed by atoms with Crippen molar-refractivity contribution < 1.29 is 13.2 Å². The normalized spacial score (nSPS) is 11.0. The van der Waals surface area contributed by atoms with Crippen LogP contribution in [0.4, 0.5) is 5.69 Å². The van der Waals surface area contributed by atoms with Crippen molar-refractivity contribution >= 4 is 15.7 Å². The van der Waals surface area contributed by atoms with Gasteiger partial charge in [0.05, 0.1) is 17.2 Å². The van der Waals surface area contributed by atoms with Crippen LogP contribution >= 0.6 is 0 Å². The maximum absolute atomic E-state index is 12.4. The van der Waals surface area contributed by atoms with Gasteiger partial charge in [-0.2, -0.15) is 0 Å². The fraction of sp³-hybridized carbons (Fsp3) is 0.100. The predicted molar refractivity (Wildman–Crippen MR) is 99.3 cm³/mol. The van der Waals surface area contributed by atoms with E-state index in [0.717, 1.165) is 6.42 Å². The fourth-order valence-electron chi connectivity index (χ4n) is 2.39. The van der Waals surface area contributed by atoms with E-state index in [9.17, 15) is 8.42 Å². The van der Waals surface area contributed by atoms with Crippen molar-refractivity contribution in [3.63, 3.8) is 0 Å². The lowest BCUT2D eigenvalue weighted by Crippen LogP contribution is -2.12. The Morgan fingerprint density at radius 3 is 2.20 bits per heavy atom.